The number of carbonyl (C=O) groups excluding carboxylic acids is 1. The number of Topliss-reactive ketones (excluding diaryl/α,β-unsaturated/α-hetero) is 1. The van der Waals surface area contributed by atoms with Crippen molar-refractivity contribution in [2.24, 2.45) is 0 Å². The zero-order valence-corrected chi connectivity index (χ0v) is 6.63. The number of aromatic carboxylic acids is 1. The van der Waals surface area contributed by atoms with Gasteiger partial charge in [-0.2, -0.15) is 0 Å². The van der Waals surface area contributed by atoms with E-state index in [2.05, 4.69) is 4.98 Å². The van der Waals surface area contributed by atoms with E-state index < -0.39 is 5.97 Å². The summed E-state index contributed by atoms with van der Waals surface area (Å²) in [6, 6.07) is 1.46. The van der Waals surface area contributed by atoms with E-state index in [1.807, 2.05) is 0 Å². The van der Waals surface area contributed by atoms with Crippen LogP contribution in [0.15, 0.2) is 12.3 Å². The maximum atomic E-state index is 10.6. The molecule has 0 aliphatic heterocycles. The lowest BCUT2D eigenvalue weighted by Crippen LogP contribution is -1.96. The second kappa shape index (κ2) is 3.21. The summed E-state index contributed by atoms with van der Waals surface area (Å²) in [7, 11) is 0. The summed E-state index contributed by atoms with van der Waals surface area (Å²) in [5.41, 5.74) is 0.825. The fourth-order valence-electron chi connectivity index (χ4n) is 0.952. The molecule has 12 heavy (non-hydrogen) atoms. The van der Waals surface area contributed by atoms with Crippen LogP contribution in [0.5, 0.6) is 0 Å². The summed E-state index contributed by atoms with van der Waals surface area (Å²) >= 11 is 0. The van der Waals surface area contributed by atoms with E-state index in [9.17, 15) is 9.59 Å². The molecular weight excluding hydrogens is 158 g/mol. The fraction of sp³-hybridized carbons (Fsp3) is 0.250. The van der Waals surface area contributed by atoms with E-state index in [1.54, 1.807) is 0 Å². The third-order valence-electron chi connectivity index (χ3n) is 1.43. The Morgan fingerprint density at radius 1 is 1.58 bits per heavy atom. The van der Waals surface area contributed by atoms with Gasteiger partial charge in [0.05, 0.1) is 0 Å². The van der Waals surface area contributed by atoms with Gasteiger partial charge in [0, 0.05) is 12.6 Å². The van der Waals surface area contributed by atoms with E-state index in [-0.39, 0.29) is 17.9 Å². The lowest BCUT2D eigenvalue weighted by atomic mass is 10.2. The molecule has 64 valence electrons. The van der Waals surface area contributed by atoms with E-state index in [4.69, 9.17) is 5.11 Å². The maximum Gasteiger partial charge on any atom is 0.352 e. The summed E-state index contributed by atoms with van der Waals surface area (Å²) in [5.74, 6) is -0.990. The van der Waals surface area contributed by atoms with Gasteiger partial charge in [0.15, 0.2) is 0 Å². The van der Waals surface area contributed by atoms with E-state index in [0.717, 1.165) is 0 Å². The highest BCUT2D eigenvalue weighted by Gasteiger charge is 2.06. The van der Waals surface area contributed by atoms with Crippen molar-refractivity contribution in [1.29, 1.82) is 0 Å². The number of carboxylic acid groups (broad SMARTS) is 1. The number of hydrogen-bond acceptors (Lipinski definition) is 2. The van der Waals surface area contributed by atoms with Crippen LogP contribution in [0.1, 0.15) is 23.0 Å². The Labute approximate surface area is 69.2 Å². The molecular formula is C8H9NO3. The van der Waals surface area contributed by atoms with Crippen molar-refractivity contribution < 1.29 is 14.7 Å². The van der Waals surface area contributed by atoms with Gasteiger partial charge in [0.2, 0.25) is 0 Å². The third-order valence-corrected chi connectivity index (χ3v) is 1.43. The summed E-state index contributed by atoms with van der Waals surface area (Å²) < 4.78 is 0. The Morgan fingerprint density at radius 2 is 2.25 bits per heavy atom. The molecule has 1 aromatic rings. The van der Waals surface area contributed by atoms with Crippen molar-refractivity contribution in [3.05, 3.63) is 23.5 Å². The molecule has 0 atom stereocenters. The molecule has 4 nitrogen and oxygen atoms in total. The molecule has 1 rings (SSSR count). The first-order valence-corrected chi connectivity index (χ1v) is 3.49. The maximum absolute atomic E-state index is 10.6. The highest BCUT2D eigenvalue weighted by Crippen LogP contribution is 2.04. The van der Waals surface area contributed by atoms with Crippen molar-refractivity contribution >= 4 is 11.8 Å². The average Bonchev–Trinajstić information content (AvgIpc) is 2.34. The minimum absolute atomic E-state index is 0.0194. The van der Waals surface area contributed by atoms with Crippen molar-refractivity contribution in [1.82, 2.24) is 4.98 Å². The number of rotatable bonds is 3. The van der Waals surface area contributed by atoms with Crippen LogP contribution in [-0.4, -0.2) is 21.8 Å². The van der Waals surface area contributed by atoms with E-state index in [0.29, 0.717) is 5.56 Å². The number of aromatic amines is 1. The Hall–Kier alpha value is -1.58. The zero-order valence-electron chi connectivity index (χ0n) is 6.63. The predicted octanol–water partition coefficient (Wildman–Crippen LogP) is 0.844. The van der Waals surface area contributed by atoms with Crippen LogP contribution in [0.25, 0.3) is 0 Å². The van der Waals surface area contributed by atoms with Gasteiger partial charge in [-0.05, 0) is 18.6 Å². The van der Waals surface area contributed by atoms with Gasteiger partial charge in [-0.1, -0.05) is 0 Å². The van der Waals surface area contributed by atoms with Gasteiger partial charge in [0.1, 0.15) is 11.5 Å². The molecule has 0 fully saturated rings. The van der Waals surface area contributed by atoms with Gasteiger partial charge in [0.25, 0.3) is 0 Å². The fourth-order valence-corrected chi connectivity index (χ4v) is 0.952. The molecule has 4 heteroatoms. The number of carbonyl (C=O) groups is 2. The second-order valence-corrected chi connectivity index (χ2v) is 2.61. The summed E-state index contributed by atoms with van der Waals surface area (Å²) in [6.07, 6.45) is 1.81. The zero-order chi connectivity index (χ0) is 9.14. The standard InChI is InChI=1S/C8H9NO3/c1-5(10)2-6-3-7(8(11)12)9-4-6/h3-4,9H,2H2,1H3,(H,11,12). The normalized spacial score (nSPS) is 9.75. The average molecular weight is 167 g/mol. The molecule has 0 aromatic carbocycles. The summed E-state index contributed by atoms with van der Waals surface area (Å²) in [6.45, 7) is 1.47. The van der Waals surface area contributed by atoms with Crippen molar-refractivity contribution in [3.63, 3.8) is 0 Å². The Kier molecular flexibility index (Phi) is 2.28. The van der Waals surface area contributed by atoms with Gasteiger partial charge < -0.3 is 10.1 Å². The minimum Gasteiger partial charge on any atom is -0.477 e. The summed E-state index contributed by atoms with van der Waals surface area (Å²) in [4.78, 5) is 23.6. The first-order chi connectivity index (χ1) is 5.59. The predicted molar refractivity (Wildman–Crippen MR) is 42.1 cm³/mol. The van der Waals surface area contributed by atoms with Gasteiger partial charge in [-0.25, -0.2) is 4.79 Å². The number of carboxylic acids is 1. The summed E-state index contributed by atoms with van der Waals surface area (Å²) in [5, 5.41) is 8.52. The van der Waals surface area contributed by atoms with Crippen molar-refractivity contribution in [2.75, 3.05) is 0 Å². The molecule has 0 unspecified atom stereocenters. The Balaban J connectivity index is 2.77. The number of hydrogen-bond donors (Lipinski definition) is 2. The van der Waals surface area contributed by atoms with Crippen LogP contribution >= 0.6 is 0 Å². The molecule has 0 saturated heterocycles. The van der Waals surface area contributed by atoms with Gasteiger partial charge in [-0.15, -0.1) is 0 Å². The minimum atomic E-state index is -1.01. The quantitative estimate of drug-likeness (QED) is 0.700. The first-order valence-electron chi connectivity index (χ1n) is 3.49. The molecule has 0 radical (unpaired) electrons. The number of H-pyrrole nitrogens is 1. The lowest BCUT2D eigenvalue weighted by molar-refractivity contribution is -0.116. The van der Waals surface area contributed by atoms with Crippen LogP contribution < -0.4 is 0 Å². The number of nitrogens with one attached hydrogen (secondary N) is 1. The smallest absolute Gasteiger partial charge is 0.352 e. The van der Waals surface area contributed by atoms with Crippen LogP contribution in [-0.2, 0) is 11.2 Å². The molecule has 0 aliphatic rings. The van der Waals surface area contributed by atoms with Crippen LogP contribution in [0, 0.1) is 0 Å². The molecule has 0 spiro atoms. The molecule has 1 heterocycles. The SMILES string of the molecule is CC(=O)Cc1c[nH]c(C(=O)O)c1. The van der Waals surface area contributed by atoms with E-state index in [1.165, 1.54) is 19.2 Å². The van der Waals surface area contributed by atoms with E-state index >= 15 is 0 Å². The van der Waals surface area contributed by atoms with Crippen LogP contribution in [0.4, 0.5) is 0 Å². The molecule has 2 N–H and O–H groups in total. The molecule has 1 aromatic heterocycles. The van der Waals surface area contributed by atoms with Crippen molar-refractivity contribution in [3.8, 4) is 0 Å². The topological polar surface area (TPSA) is 70.2 Å². The second-order valence-electron chi connectivity index (χ2n) is 2.61. The Bertz CT molecular complexity index is 314. The number of aromatic nitrogens is 1. The molecule has 0 saturated carbocycles. The van der Waals surface area contributed by atoms with Gasteiger partial charge >= 0.3 is 5.97 Å². The highest BCUT2D eigenvalue weighted by molar-refractivity contribution is 5.86. The monoisotopic (exact) mass is 167 g/mol. The molecule has 0 bridgehead atoms. The third kappa shape index (κ3) is 1.95. The first kappa shape index (κ1) is 8.52. The molecule has 0 aliphatic carbocycles. The Morgan fingerprint density at radius 3 is 2.67 bits per heavy atom. The molecule has 0 amide bonds. The van der Waals surface area contributed by atoms with Crippen molar-refractivity contribution in [2.45, 2.75) is 13.3 Å². The number of ketones is 1. The highest BCUT2D eigenvalue weighted by atomic mass is 16.4. The van der Waals surface area contributed by atoms with Crippen LogP contribution in [0.3, 0.4) is 0 Å². The van der Waals surface area contributed by atoms with Crippen LogP contribution in [0.2, 0.25) is 0 Å². The van der Waals surface area contributed by atoms with Gasteiger partial charge in [-0.3, -0.25) is 4.79 Å². The lowest BCUT2D eigenvalue weighted by Gasteiger charge is -1.87. The largest absolute Gasteiger partial charge is 0.477 e.